The fourth-order valence-corrected chi connectivity index (χ4v) is 2.19. The lowest BCUT2D eigenvalue weighted by atomic mass is 10.1. The predicted octanol–water partition coefficient (Wildman–Crippen LogP) is 2.68. The van der Waals surface area contributed by atoms with Crippen LogP contribution in [-0.4, -0.2) is 47.9 Å². The molecule has 1 aliphatic heterocycles. The summed E-state index contributed by atoms with van der Waals surface area (Å²) in [7, 11) is 0. The minimum absolute atomic E-state index is 0.0302. The number of likely N-dealkylation sites (tertiary alicyclic amines) is 1. The van der Waals surface area contributed by atoms with Crippen LogP contribution in [0.3, 0.4) is 0 Å². The molecule has 0 bridgehead atoms. The van der Waals surface area contributed by atoms with E-state index in [9.17, 15) is 14.0 Å². The van der Waals surface area contributed by atoms with Gasteiger partial charge in [-0.2, -0.15) is 0 Å². The number of alkyl halides is 1. The lowest BCUT2D eigenvalue weighted by Gasteiger charge is -2.28. The fourth-order valence-electron chi connectivity index (χ4n) is 2.19. The van der Waals surface area contributed by atoms with Gasteiger partial charge in [0.1, 0.15) is 11.8 Å². The molecule has 5 nitrogen and oxygen atoms in total. The van der Waals surface area contributed by atoms with Crippen LogP contribution in [0, 0.1) is 0 Å². The van der Waals surface area contributed by atoms with Gasteiger partial charge in [-0.25, -0.2) is 9.18 Å². The number of carbonyl (C=O) groups is 2. The topological polar surface area (TPSA) is 55.8 Å². The van der Waals surface area contributed by atoms with Crippen LogP contribution >= 0.6 is 0 Å². The van der Waals surface area contributed by atoms with Gasteiger partial charge >= 0.3 is 12.1 Å². The predicted molar refractivity (Wildman–Crippen MR) is 72.1 cm³/mol. The van der Waals surface area contributed by atoms with Gasteiger partial charge in [-0.15, -0.1) is 0 Å². The first-order chi connectivity index (χ1) is 9.23. The van der Waals surface area contributed by atoms with Crippen LogP contribution in [0.25, 0.3) is 0 Å². The van der Waals surface area contributed by atoms with Crippen molar-refractivity contribution in [2.75, 3.05) is 13.2 Å². The summed E-state index contributed by atoms with van der Waals surface area (Å²) in [6.07, 6.45) is -0.747. The standard InChI is InChI=1S/C14H24FNO4/c1-5-19-12(17)7-6-11-8-10(15)9-16(11)13(18)20-14(2,3)4/h10-11H,5-9H2,1-4H3. The molecule has 6 heteroatoms. The molecule has 116 valence electrons. The van der Waals surface area contributed by atoms with E-state index in [4.69, 9.17) is 9.47 Å². The molecular weight excluding hydrogens is 265 g/mol. The number of esters is 1. The highest BCUT2D eigenvalue weighted by Gasteiger charge is 2.37. The quantitative estimate of drug-likeness (QED) is 0.747. The Balaban J connectivity index is 2.55. The molecular formula is C14H24FNO4. The van der Waals surface area contributed by atoms with Gasteiger partial charge in [-0.05, 0) is 34.1 Å². The molecule has 1 rings (SSSR count). The van der Waals surface area contributed by atoms with Crippen molar-refractivity contribution in [3.63, 3.8) is 0 Å². The first kappa shape index (κ1) is 16.7. The smallest absolute Gasteiger partial charge is 0.410 e. The van der Waals surface area contributed by atoms with E-state index in [0.29, 0.717) is 13.0 Å². The summed E-state index contributed by atoms with van der Waals surface area (Å²) >= 11 is 0. The van der Waals surface area contributed by atoms with Crippen LogP contribution in [0.5, 0.6) is 0 Å². The van der Waals surface area contributed by atoms with E-state index in [0.717, 1.165) is 0 Å². The van der Waals surface area contributed by atoms with Crippen molar-refractivity contribution >= 4 is 12.1 Å². The summed E-state index contributed by atoms with van der Waals surface area (Å²) in [4.78, 5) is 24.7. The number of hydrogen-bond acceptors (Lipinski definition) is 4. The highest BCUT2D eigenvalue weighted by Crippen LogP contribution is 2.26. The van der Waals surface area contributed by atoms with Gasteiger partial charge in [-0.3, -0.25) is 4.79 Å². The van der Waals surface area contributed by atoms with Gasteiger partial charge in [-0.1, -0.05) is 0 Å². The molecule has 0 aromatic carbocycles. The van der Waals surface area contributed by atoms with Crippen LogP contribution in [-0.2, 0) is 14.3 Å². The van der Waals surface area contributed by atoms with Gasteiger partial charge in [0, 0.05) is 18.9 Å². The van der Waals surface area contributed by atoms with Crippen LogP contribution in [0.1, 0.15) is 47.0 Å². The molecule has 1 aliphatic rings. The molecule has 0 aromatic rings. The van der Waals surface area contributed by atoms with E-state index >= 15 is 0 Å². The number of amides is 1. The van der Waals surface area contributed by atoms with Gasteiger partial charge in [0.2, 0.25) is 0 Å². The second kappa shape index (κ2) is 6.90. The zero-order chi connectivity index (χ0) is 15.3. The third-order valence-electron chi connectivity index (χ3n) is 2.98. The molecule has 1 fully saturated rings. The van der Waals surface area contributed by atoms with E-state index in [-0.39, 0.29) is 31.4 Å². The van der Waals surface area contributed by atoms with Gasteiger partial charge < -0.3 is 14.4 Å². The molecule has 2 unspecified atom stereocenters. The normalized spacial score (nSPS) is 22.8. The highest BCUT2D eigenvalue weighted by atomic mass is 19.1. The second-order valence-corrected chi connectivity index (χ2v) is 5.96. The molecule has 0 aliphatic carbocycles. The summed E-state index contributed by atoms with van der Waals surface area (Å²) in [6.45, 7) is 7.38. The van der Waals surface area contributed by atoms with Gasteiger partial charge in [0.15, 0.2) is 0 Å². The van der Waals surface area contributed by atoms with Crippen molar-refractivity contribution in [1.82, 2.24) is 4.90 Å². The Kier molecular flexibility index (Phi) is 5.77. The minimum Gasteiger partial charge on any atom is -0.466 e. The zero-order valence-corrected chi connectivity index (χ0v) is 12.6. The average molecular weight is 289 g/mol. The number of carbonyl (C=O) groups excluding carboxylic acids is 2. The Morgan fingerprint density at radius 3 is 2.55 bits per heavy atom. The van der Waals surface area contributed by atoms with Crippen LogP contribution in [0.2, 0.25) is 0 Å². The lowest BCUT2D eigenvalue weighted by Crippen LogP contribution is -2.40. The van der Waals surface area contributed by atoms with E-state index < -0.39 is 17.9 Å². The first-order valence-electron chi connectivity index (χ1n) is 7.02. The van der Waals surface area contributed by atoms with Crippen molar-refractivity contribution in [3.05, 3.63) is 0 Å². The number of ether oxygens (including phenoxy) is 2. The fraction of sp³-hybridized carbons (Fsp3) is 0.857. The number of halogens is 1. The maximum atomic E-state index is 13.5. The number of nitrogens with zero attached hydrogens (tertiary/aromatic N) is 1. The summed E-state index contributed by atoms with van der Waals surface area (Å²) in [5.41, 5.74) is -0.614. The highest BCUT2D eigenvalue weighted by molar-refractivity contribution is 5.70. The van der Waals surface area contributed by atoms with E-state index in [1.165, 1.54) is 4.90 Å². The first-order valence-corrected chi connectivity index (χ1v) is 7.02. The molecule has 0 saturated carbocycles. The molecule has 0 N–H and O–H groups in total. The molecule has 0 spiro atoms. The van der Waals surface area contributed by atoms with Crippen molar-refractivity contribution in [2.24, 2.45) is 0 Å². The van der Waals surface area contributed by atoms with Crippen LogP contribution in [0.15, 0.2) is 0 Å². The Bertz CT molecular complexity index is 354. The van der Waals surface area contributed by atoms with Crippen molar-refractivity contribution in [2.45, 2.75) is 64.8 Å². The minimum atomic E-state index is -1.06. The third-order valence-corrected chi connectivity index (χ3v) is 2.98. The summed E-state index contributed by atoms with van der Waals surface area (Å²) in [5, 5.41) is 0. The van der Waals surface area contributed by atoms with Crippen molar-refractivity contribution in [3.8, 4) is 0 Å². The molecule has 2 atom stereocenters. The lowest BCUT2D eigenvalue weighted by molar-refractivity contribution is -0.143. The summed E-state index contributed by atoms with van der Waals surface area (Å²) in [5.74, 6) is -0.320. The van der Waals surface area contributed by atoms with Crippen molar-refractivity contribution < 1.29 is 23.5 Å². The molecule has 1 saturated heterocycles. The Labute approximate surface area is 119 Å². The Morgan fingerprint density at radius 1 is 1.35 bits per heavy atom. The Hall–Kier alpha value is -1.33. The average Bonchev–Trinajstić information content (AvgIpc) is 2.66. The van der Waals surface area contributed by atoms with E-state index in [2.05, 4.69) is 0 Å². The largest absolute Gasteiger partial charge is 0.466 e. The second-order valence-electron chi connectivity index (χ2n) is 5.96. The van der Waals surface area contributed by atoms with Crippen LogP contribution in [0.4, 0.5) is 9.18 Å². The molecule has 1 amide bonds. The number of hydrogen-bond donors (Lipinski definition) is 0. The van der Waals surface area contributed by atoms with Crippen LogP contribution < -0.4 is 0 Å². The monoisotopic (exact) mass is 289 g/mol. The molecule has 20 heavy (non-hydrogen) atoms. The van der Waals surface area contributed by atoms with Crippen molar-refractivity contribution in [1.29, 1.82) is 0 Å². The molecule has 1 heterocycles. The van der Waals surface area contributed by atoms with E-state index in [1.807, 2.05) is 0 Å². The molecule has 0 aromatic heterocycles. The molecule has 0 radical (unpaired) electrons. The third kappa shape index (κ3) is 5.35. The van der Waals surface area contributed by atoms with Gasteiger partial charge in [0.25, 0.3) is 0 Å². The summed E-state index contributed by atoms with van der Waals surface area (Å²) < 4.78 is 23.6. The SMILES string of the molecule is CCOC(=O)CCC1CC(F)CN1C(=O)OC(C)(C)C. The zero-order valence-electron chi connectivity index (χ0n) is 12.6. The Morgan fingerprint density at radius 2 is 2.00 bits per heavy atom. The van der Waals surface area contributed by atoms with Gasteiger partial charge in [0.05, 0.1) is 13.2 Å². The maximum absolute atomic E-state index is 13.5. The maximum Gasteiger partial charge on any atom is 0.410 e. The number of rotatable bonds is 4. The van der Waals surface area contributed by atoms with E-state index in [1.54, 1.807) is 27.7 Å². The summed E-state index contributed by atoms with van der Waals surface area (Å²) in [6, 6.07) is -0.302.